The first-order valence-electron chi connectivity index (χ1n) is 13.1. The maximum atomic E-state index is 13.4. The zero-order chi connectivity index (χ0) is 23.5. The first-order valence-corrected chi connectivity index (χ1v) is 13.1. The molecule has 3 fully saturated rings. The second-order valence-corrected chi connectivity index (χ2v) is 9.86. The number of hydrogen-bond donors (Lipinski definition) is 0. The summed E-state index contributed by atoms with van der Waals surface area (Å²) in [6.07, 6.45) is 7.90. The molecule has 1 atom stereocenters. The Morgan fingerprint density at radius 1 is 0.941 bits per heavy atom. The molecule has 0 radical (unpaired) electrons. The zero-order valence-corrected chi connectivity index (χ0v) is 20.3. The molecule has 1 aromatic heterocycles. The van der Waals surface area contributed by atoms with Gasteiger partial charge < -0.3 is 24.0 Å². The van der Waals surface area contributed by atoms with E-state index >= 15 is 0 Å². The summed E-state index contributed by atoms with van der Waals surface area (Å²) in [6, 6.07) is 8.95. The lowest BCUT2D eigenvalue weighted by atomic mass is 9.94. The quantitative estimate of drug-likeness (QED) is 0.678. The smallest absolute Gasteiger partial charge is 0.409 e. The van der Waals surface area contributed by atoms with E-state index in [1.54, 1.807) is 4.90 Å². The summed E-state index contributed by atoms with van der Waals surface area (Å²) in [5.41, 5.74) is 2.26. The molecule has 1 aliphatic carbocycles. The molecule has 0 unspecified atom stereocenters. The highest BCUT2D eigenvalue weighted by atomic mass is 16.6. The molecule has 0 bridgehead atoms. The third kappa shape index (κ3) is 4.59. The average molecular weight is 468 g/mol. The van der Waals surface area contributed by atoms with Crippen molar-refractivity contribution >= 4 is 29.0 Å². The van der Waals surface area contributed by atoms with Crippen LogP contribution >= 0.6 is 0 Å². The Morgan fingerprint density at radius 3 is 2.44 bits per heavy atom. The highest BCUT2D eigenvalue weighted by Crippen LogP contribution is 2.36. The Labute approximate surface area is 201 Å². The van der Waals surface area contributed by atoms with Crippen LogP contribution in [0.25, 0.3) is 11.0 Å². The second kappa shape index (κ2) is 10.2. The van der Waals surface area contributed by atoms with Crippen LogP contribution in [-0.4, -0.2) is 77.2 Å². The van der Waals surface area contributed by atoms with Crippen LogP contribution in [0.1, 0.15) is 57.9 Å². The zero-order valence-electron chi connectivity index (χ0n) is 20.3. The van der Waals surface area contributed by atoms with Crippen molar-refractivity contribution in [2.24, 2.45) is 5.92 Å². The van der Waals surface area contributed by atoms with Crippen LogP contribution in [0.15, 0.2) is 24.3 Å². The topological polar surface area (TPSA) is 70.9 Å². The van der Waals surface area contributed by atoms with Crippen molar-refractivity contribution in [3.05, 3.63) is 24.3 Å². The number of anilines is 1. The number of ether oxygens (including phenoxy) is 1. The summed E-state index contributed by atoms with van der Waals surface area (Å²) in [5, 5.41) is 0. The SMILES string of the molecule is CCOC(=O)N1CCN(C(=O)[C@@H]2CCCN(c3nc4ccccc4n3C3CCCCC3)C2)CC1. The summed E-state index contributed by atoms with van der Waals surface area (Å²) >= 11 is 0. The molecule has 0 N–H and O–H groups in total. The number of carbonyl (C=O) groups is 2. The van der Waals surface area contributed by atoms with Gasteiger partial charge in [-0.25, -0.2) is 9.78 Å². The van der Waals surface area contributed by atoms with Crippen molar-refractivity contribution in [3.8, 4) is 0 Å². The van der Waals surface area contributed by atoms with Crippen molar-refractivity contribution in [1.82, 2.24) is 19.4 Å². The van der Waals surface area contributed by atoms with Gasteiger partial charge in [0, 0.05) is 45.3 Å². The van der Waals surface area contributed by atoms with Crippen LogP contribution in [0.5, 0.6) is 0 Å². The molecule has 0 spiro atoms. The Morgan fingerprint density at radius 2 is 1.68 bits per heavy atom. The van der Waals surface area contributed by atoms with E-state index in [0.29, 0.717) is 45.4 Å². The predicted molar refractivity (Wildman–Crippen MR) is 132 cm³/mol. The minimum Gasteiger partial charge on any atom is -0.450 e. The molecular weight excluding hydrogens is 430 g/mol. The van der Waals surface area contributed by atoms with E-state index in [9.17, 15) is 9.59 Å². The second-order valence-electron chi connectivity index (χ2n) is 9.86. The maximum Gasteiger partial charge on any atom is 0.409 e. The van der Waals surface area contributed by atoms with Crippen LogP contribution in [0.4, 0.5) is 10.7 Å². The lowest BCUT2D eigenvalue weighted by molar-refractivity contribution is -0.137. The molecule has 8 heteroatoms. The lowest BCUT2D eigenvalue weighted by Crippen LogP contribution is -2.54. The number of nitrogens with zero attached hydrogens (tertiary/aromatic N) is 5. The fraction of sp³-hybridized carbons (Fsp3) is 0.654. The number of para-hydroxylation sites is 2. The fourth-order valence-corrected chi connectivity index (χ4v) is 5.90. The van der Waals surface area contributed by atoms with Crippen LogP contribution in [0.3, 0.4) is 0 Å². The summed E-state index contributed by atoms with van der Waals surface area (Å²) in [5.74, 6) is 1.23. The van der Waals surface area contributed by atoms with Gasteiger partial charge in [-0.3, -0.25) is 4.79 Å². The fourth-order valence-electron chi connectivity index (χ4n) is 5.90. The number of piperidine rings is 1. The summed E-state index contributed by atoms with van der Waals surface area (Å²) < 4.78 is 7.58. The van der Waals surface area contributed by atoms with Crippen molar-refractivity contribution in [2.75, 3.05) is 50.8 Å². The van der Waals surface area contributed by atoms with Gasteiger partial charge in [0.25, 0.3) is 0 Å². The third-order valence-electron chi connectivity index (χ3n) is 7.69. The molecule has 3 aliphatic rings. The number of amides is 2. The number of rotatable bonds is 4. The third-order valence-corrected chi connectivity index (χ3v) is 7.69. The van der Waals surface area contributed by atoms with Crippen molar-refractivity contribution in [1.29, 1.82) is 0 Å². The highest BCUT2D eigenvalue weighted by Gasteiger charge is 2.34. The van der Waals surface area contributed by atoms with Gasteiger partial charge in [-0.15, -0.1) is 0 Å². The molecule has 1 saturated carbocycles. The summed E-state index contributed by atoms with van der Waals surface area (Å²) in [4.78, 5) is 36.5. The Hall–Kier alpha value is -2.77. The number of aromatic nitrogens is 2. The number of imidazole rings is 1. The summed E-state index contributed by atoms with van der Waals surface area (Å²) in [7, 11) is 0. The molecular formula is C26H37N5O3. The van der Waals surface area contributed by atoms with E-state index in [2.05, 4.69) is 33.7 Å². The lowest BCUT2D eigenvalue weighted by Gasteiger charge is -2.39. The van der Waals surface area contributed by atoms with Crippen LogP contribution < -0.4 is 4.90 Å². The van der Waals surface area contributed by atoms with Gasteiger partial charge in [-0.05, 0) is 44.7 Å². The van der Waals surface area contributed by atoms with Gasteiger partial charge in [0.1, 0.15) is 0 Å². The number of fused-ring (bicyclic) bond motifs is 1. The van der Waals surface area contributed by atoms with Crippen molar-refractivity contribution in [3.63, 3.8) is 0 Å². The van der Waals surface area contributed by atoms with E-state index < -0.39 is 0 Å². The first-order chi connectivity index (χ1) is 16.7. The molecule has 2 aromatic rings. The van der Waals surface area contributed by atoms with E-state index in [1.807, 2.05) is 11.8 Å². The van der Waals surface area contributed by atoms with Gasteiger partial charge in [-0.1, -0.05) is 31.4 Å². The molecule has 1 aromatic carbocycles. The van der Waals surface area contributed by atoms with E-state index in [1.165, 1.54) is 37.6 Å². The normalized spacial score (nSPS) is 22.3. The number of hydrogen-bond acceptors (Lipinski definition) is 5. The minimum atomic E-state index is -0.278. The van der Waals surface area contributed by atoms with Crippen molar-refractivity contribution in [2.45, 2.75) is 57.9 Å². The van der Waals surface area contributed by atoms with Crippen LogP contribution in [0.2, 0.25) is 0 Å². The largest absolute Gasteiger partial charge is 0.450 e. The molecule has 34 heavy (non-hydrogen) atoms. The molecule has 184 valence electrons. The Balaban J connectivity index is 1.30. The van der Waals surface area contributed by atoms with E-state index in [0.717, 1.165) is 30.9 Å². The van der Waals surface area contributed by atoms with E-state index in [-0.39, 0.29) is 17.9 Å². The molecule has 2 aliphatic heterocycles. The molecule has 8 nitrogen and oxygen atoms in total. The Bertz CT molecular complexity index is 1010. The standard InChI is InChI=1S/C26H37N5O3/c1-2-34-26(33)29-17-15-28(16-18-29)24(32)20-9-8-14-30(19-20)25-27-22-12-6-7-13-23(22)31(25)21-10-4-3-5-11-21/h6-7,12-13,20-21H,2-5,8-11,14-19H2,1H3/t20-/m1/s1. The first kappa shape index (κ1) is 23.0. The maximum absolute atomic E-state index is 13.4. The molecule has 2 amide bonds. The van der Waals surface area contributed by atoms with Crippen molar-refractivity contribution < 1.29 is 14.3 Å². The monoisotopic (exact) mass is 467 g/mol. The van der Waals surface area contributed by atoms with Crippen LogP contribution in [0, 0.1) is 5.92 Å². The summed E-state index contributed by atoms with van der Waals surface area (Å²) in [6.45, 7) is 6.08. The Kier molecular flexibility index (Phi) is 6.92. The number of piperazine rings is 1. The molecule has 5 rings (SSSR count). The predicted octanol–water partition coefficient (Wildman–Crippen LogP) is 4.06. The minimum absolute atomic E-state index is 0.0255. The van der Waals surface area contributed by atoms with E-state index in [4.69, 9.17) is 9.72 Å². The van der Waals surface area contributed by atoms with Gasteiger partial charge in [0.15, 0.2) is 0 Å². The van der Waals surface area contributed by atoms with Gasteiger partial charge >= 0.3 is 6.09 Å². The highest BCUT2D eigenvalue weighted by molar-refractivity contribution is 5.81. The van der Waals surface area contributed by atoms with Gasteiger partial charge in [-0.2, -0.15) is 0 Å². The molecule has 3 heterocycles. The average Bonchev–Trinajstić information content (AvgIpc) is 3.29. The van der Waals surface area contributed by atoms with Gasteiger partial charge in [0.2, 0.25) is 11.9 Å². The number of benzene rings is 1. The van der Waals surface area contributed by atoms with Gasteiger partial charge in [0.05, 0.1) is 23.6 Å². The number of carbonyl (C=O) groups excluding carboxylic acids is 2. The van der Waals surface area contributed by atoms with Crippen LogP contribution in [-0.2, 0) is 9.53 Å². The molecule has 2 saturated heterocycles.